The molecule has 1 aromatic rings. The van der Waals surface area contributed by atoms with Gasteiger partial charge in [0.2, 0.25) is 0 Å². The molecule has 1 aliphatic rings. The minimum atomic E-state index is -0.174. The van der Waals surface area contributed by atoms with E-state index in [4.69, 9.17) is 32.7 Å². The number of anilines is 1. The van der Waals surface area contributed by atoms with E-state index in [0.717, 1.165) is 13.0 Å². The van der Waals surface area contributed by atoms with Crippen molar-refractivity contribution in [2.24, 2.45) is 5.92 Å². The molecule has 1 unspecified atom stereocenters. The van der Waals surface area contributed by atoms with Crippen LogP contribution < -0.4 is 10.1 Å². The highest BCUT2D eigenvalue weighted by atomic mass is 35.5. The summed E-state index contributed by atoms with van der Waals surface area (Å²) in [6.07, 6.45) is 0.990. The van der Waals surface area contributed by atoms with Gasteiger partial charge in [0.15, 0.2) is 5.75 Å². The number of nitrogens with one attached hydrogen (secondary N) is 1. The fourth-order valence-corrected chi connectivity index (χ4v) is 3.07. The van der Waals surface area contributed by atoms with Crippen LogP contribution >= 0.6 is 23.2 Å². The summed E-state index contributed by atoms with van der Waals surface area (Å²) in [5, 5.41) is 3.54. The molecule has 0 bridgehead atoms. The van der Waals surface area contributed by atoms with E-state index in [1.807, 2.05) is 6.92 Å². The molecule has 0 aromatic heterocycles. The van der Waals surface area contributed by atoms with E-state index in [0.29, 0.717) is 47.1 Å². The third kappa shape index (κ3) is 4.18. The first-order valence-electron chi connectivity index (χ1n) is 7.21. The Hall–Kier alpha value is -1.17. The highest BCUT2D eigenvalue weighted by Crippen LogP contribution is 2.35. The summed E-state index contributed by atoms with van der Waals surface area (Å²) in [7, 11) is 1.49. The van der Waals surface area contributed by atoms with Gasteiger partial charge in [0, 0.05) is 31.3 Å². The summed E-state index contributed by atoms with van der Waals surface area (Å²) >= 11 is 12.2. The molecule has 122 valence electrons. The van der Waals surface area contributed by atoms with Crippen LogP contribution in [0.15, 0.2) is 12.1 Å². The van der Waals surface area contributed by atoms with Crippen molar-refractivity contribution in [3.05, 3.63) is 22.2 Å². The molecule has 7 heteroatoms. The quantitative estimate of drug-likeness (QED) is 0.879. The molecule has 0 radical (unpaired) electrons. The maximum Gasteiger partial charge on any atom is 0.321 e. The van der Waals surface area contributed by atoms with Crippen LogP contribution in [0.2, 0.25) is 10.0 Å². The number of ether oxygens (including phenoxy) is 2. The smallest absolute Gasteiger partial charge is 0.321 e. The molecule has 2 rings (SSSR count). The fraction of sp³-hybridized carbons (Fsp3) is 0.533. The molecule has 1 fully saturated rings. The van der Waals surface area contributed by atoms with Crippen molar-refractivity contribution in [3.63, 3.8) is 0 Å². The summed E-state index contributed by atoms with van der Waals surface area (Å²) < 4.78 is 10.4. The Bertz CT molecular complexity index is 511. The van der Waals surface area contributed by atoms with Crippen molar-refractivity contribution in [1.82, 2.24) is 4.90 Å². The monoisotopic (exact) mass is 346 g/mol. The van der Waals surface area contributed by atoms with Crippen LogP contribution in [0.3, 0.4) is 0 Å². The lowest BCUT2D eigenvalue weighted by molar-refractivity contribution is 0.171. The SMILES string of the molecule is CCN(CC1CCOC1)C(=O)Nc1cc(Cl)c(OC)c(Cl)c1. The molecule has 1 aliphatic heterocycles. The number of nitrogens with zero attached hydrogens (tertiary/aromatic N) is 1. The fourth-order valence-electron chi connectivity index (χ4n) is 2.42. The summed E-state index contributed by atoms with van der Waals surface area (Å²) in [4.78, 5) is 14.1. The number of benzene rings is 1. The van der Waals surface area contributed by atoms with Crippen LogP contribution in [0.25, 0.3) is 0 Å². The van der Waals surface area contributed by atoms with Gasteiger partial charge in [-0.2, -0.15) is 0 Å². The molecule has 0 aliphatic carbocycles. The van der Waals surface area contributed by atoms with Gasteiger partial charge in [-0.1, -0.05) is 23.2 Å². The molecule has 1 heterocycles. The van der Waals surface area contributed by atoms with Crippen molar-refractivity contribution in [2.75, 3.05) is 38.7 Å². The lowest BCUT2D eigenvalue weighted by Gasteiger charge is -2.24. The molecule has 1 saturated heterocycles. The number of rotatable bonds is 5. The highest BCUT2D eigenvalue weighted by Gasteiger charge is 2.22. The van der Waals surface area contributed by atoms with Crippen LogP contribution in [0.4, 0.5) is 10.5 Å². The van der Waals surface area contributed by atoms with E-state index in [-0.39, 0.29) is 6.03 Å². The van der Waals surface area contributed by atoms with E-state index in [2.05, 4.69) is 5.32 Å². The normalized spacial score (nSPS) is 17.4. The molecule has 1 aromatic carbocycles. The first-order valence-corrected chi connectivity index (χ1v) is 7.97. The van der Waals surface area contributed by atoms with Crippen molar-refractivity contribution in [2.45, 2.75) is 13.3 Å². The molecular weight excluding hydrogens is 327 g/mol. The molecule has 22 heavy (non-hydrogen) atoms. The van der Waals surface area contributed by atoms with Gasteiger partial charge in [-0.25, -0.2) is 4.79 Å². The summed E-state index contributed by atoms with van der Waals surface area (Å²) in [6.45, 7) is 4.74. The zero-order valence-electron chi connectivity index (χ0n) is 12.7. The topological polar surface area (TPSA) is 50.8 Å². The number of methoxy groups -OCH3 is 1. The van der Waals surface area contributed by atoms with Crippen LogP contribution in [0.5, 0.6) is 5.75 Å². The Morgan fingerprint density at radius 1 is 1.45 bits per heavy atom. The average Bonchev–Trinajstić information content (AvgIpc) is 2.97. The van der Waals surface area contributed by atoms with Gasteiger partial charge in [-0.3, -0.25) is 0 Å². The van der Waals surface area contributed by atoms with Crippen molar-refractivity contribution < 1.29 is 14.3 Å². The second kappa shape index (κ2) is 7.90. The zero-order chi connectivity index (χ0) is 16.1. The Labute approximate surface area is 140 Å². The maximum atomic E-state index is 12.4. The molecular formula is C15H20Cl2N2O3. The van der Waals surface area contributed by atoms with E-state index < -0.39 is 0 Å². The number of urea groups is 1. The van der Waals surface area contributed by atoms with E-state index >= 15 is 0 Å². The Kier molecular flexibility index (Phi) is 6.17. The molecule has 2 amide bonds. The predicted molar refractivity (Wildman–Crippen MR) is 88.2 cm³/mol. The first-order chi connectivity index (χ1) is 10.5. The molecule has 0 saturated carbocycles. The predicted octanol–water partition coefficient (Wildman–Crippen LogP) is 3.89. The number of carbonyl (C=O) groups is 1. The standard InChI is InChI=1S/C15H20Cl2N2O3/c1-3-19(8-10-4-5-22-9-10)15(20)18-11-6-12(16)14(21-2)13(17)7-11/h6-7,10H,3-5,8-9H2,1-2H3,(H,18,20). The van der Waals surface area contributed by atoms with Gasteiger partial charge in [-0.05, 0) is 25.5 Å². The van der Waals surface area contributed by atoms with Gasteiger partial charge < -0.3 is 19.7 Å². The number of amides is 2. The zero-order valence-corrected chi connectivity index (χ0v) is 14.2. The van der Waals surface area contributed by atoms with Gasteiger partial charge in [0.1, 0.15) is 0 Å². The lowest BCUT2D eigenvalue weighted by atomic mass is 10.1. The van der Waals surface area contributed by atoms with Crippen LogP contribution in [-0.4, -0.2) is 44.3 Å². The molecule has 5 nitrogen and oxygen atoms in total. The summed E-state index contributed by atoms with van der Waals surface area (Å²) in [6, 6.07) is 3.07. The molecule has 0 spiro atoms. The van der Waals surface area contributed by atoms with Crippen molar-refractivity contribution in [3.8, 4) is 5.75 Å². The lowest BCUT2D eigenvalue weighted by Crippen LogP contribution is -2.38. The largest absolute Gasteiger partial charge is 0.494 e. The Morgan fingerprint density at radius 3 is 2.64 bits per heavy atom. The minimum Gasteiger partial charge on any atom is -0.494 e. The Morgan fingerprint density at radius 2 is 2.14 bits per heavy atom. The highest BCUT2D eigenvalue weighted by molar-refractivity contribution is 6.37. The summed E-state index contributed by atoms with van der Waals surface area (Å²) in [5.41, 5.74) is 0.543. The van der Waals surface area contributed by atoms with E-state index in [9.17, 15) is 4.79 Å². The number of hydrogen-bond acceptors (Lipinski definition) is 3. The minimum absolute atomic E-state index is 0.174. The number of halogens is 2. The number of carbonyl (C=O) groups excluding carboxylic acids is 1. The first kappa shape index (κ1) is 17.2. The average molecular weight is 347 g/mol. The molecule has 1 atom stereocenters. The third-order valence-corrected chi connectivity index (χ3v) is 4.19. The second-order valence-electron chi connectivity index (χ2n) is 5.17. The van der Waals surface area contributed by atoms with Crippen LogP contribution in [0.1, 0.15) is 13.3 Å². The van der Waals surface area contributed by atoms with Crippen LogP contribution in [-0.2, 0) is 4.74 Å². The Balaban J connectivity index is 2.03. The molecule has 1 N–H and O–H groups in total. The van der Waals surface area contributed by atoms with Gasteiger partial charge in [-0.15, -0.1) is 0 Å². The van der Waals surface area contributed by atoms with E-state index in [1.54, 1.807) is 17.0 Å². The summed E-state index contributed by atoms with van der Waals surface area (Å²) in [5.74, 6) is 0.797. The van der Waals surface area contributed by atoms with Crippen molar-refractivity contribution in [1.29, 1.82) is 0 Å². The third-order valence-electron chi connectivity index (χ3n) is 3.63. The van der Waals surface area contributed by atoms with Gasteiger partial charge in [0.25, 0.3) is 0 Å². The number of hydrogen-bond donors (Lipinski definition) is 1. The van der Waals surface area contributed by atoms with Gasteiger partial charge in [0.05, 0.1) is 23.8 Å². The maximum absolute atomic E-state index is 12.4. The second-order valence-corrected chi connectivity index (χ2v) is 5.99. The van der Waals surface area contributed by atoms with E-state index in [1.165, 1.54) is 7.11 Å². The van der Waals surface area contributed by atoms with Crippen molar-refractivity contribution >= 4 is 34.9 Å². The van der Waals surface area contributed by atoms with Gasteiger partial charge >= 0.3 is 6.03 Å². The van der Waals surface area contributed by atoms with Crippen LogP contribution in [0, 0.1) is 5.92 Å².